The van der Waals surface area contributed by atoms with E-state index in [0.717, 1.165) is 31.7 Å². The summed E-state index contributed by atoms with van der Waals surface area (Å²) in [6, 6.07) is 11.5. The van der Waals surface area contributed by atoms with Gasteiger partial charge in [0.2, 0.25) is 0 Å². The SMILES string of the molecule is CN(c1cc(C(F)(F)F)nc2ccccc12)[C@H]1CC[C@@H](NC(=O)c2ccncc2)CC1. The van der Waals surface area contributed by atoms with Crippen LogP contribution in [0.2, 0.25) is 0 Å². The normalized spacial score (nSPS) is 19.2. The van der Waals surface area contributed by atoms with Crippen LogP contribution in [0.5, 0.6) is 0 Å². The number of alkyl halides is 3. The van der Waals surface area contributed by atoms with Crippen LogP contribution < -0.4 is 10.2 Å². The third-order valence-corrected chi connectivity index (χ3v) is 5.89. The second kappa shape index (κ2) is 8.53. The fourth-order valence-electron chi connectivity index (χ4n) is 4.17. The lowest BCUT2D eigenvalue weighted by molar-refractivity contribution is -0.140. The van der Waals surface area contributed by atoms with Crippen LogP contribution in [0.25, 0.3) is 10.9 Å². The number of anilines is 1. The summed E-state index contributed by atoms with van der Waals surface area (Å²) in [7, 11) is 1.84. The van der Waals surface area contributed by atoms with E-state index in [1.165, 1.54) is 0 Å². The molecule has 0 saturated heterocycles. The molecule has 4 rings (SSSR count). The van der Waals surface area contributed by atoms with Crippen molar-refractivity contribution in [1.29, 1.82) is 0 Å². The average molecular weight is 428 g/mol. The first kappa shape index (κ1) is 21.1. The number of carbonyl (C=O) groups excluding carboxylic acids is 1. The first-order valence-electron chi connectivity index (χ1n) is 10.2. The summed E-state index contributed by atoms with van der Waals surface area (Å²) in [6.45, 7) is 0. The molecule has 1 amide bonds. The number of amides is 1. The molecule has 8 heteroatoms. The van der Waals surface area contributed by atoms with Crippen molar-refractivity contribution >= 4 is 22.5 Å². The van der Waals surface area contributed by atoms with Crippen LogP contribution in [-0.4, -0.2) is 35.0 Å². The second-order valence-electron chi connectivity index (χ2n) is 7.87. The van der Waals surface area contributed by atoms with Crippen molar-refractivity contribution in [2.45, 2.75) is 43.9 Å². The van der Waals surface area contributed by atoms with Gasteiger partial charge in [0.05, 0.1) is 5.52 Å². The van der Waals surface area contributed by atoms with Gasteiger partial charge in [-0.3, -0.25) is 9.78 Å². The summed E-state index contributed by atoms with van der Waals surface area (Å²) in [5, 5.41) is 3.75. The number of benzene rings is 1. The Labute approximate surface area is 178 Å². The van der Waals surface area contributed by atoms with E-state index in [2.05, 4.69) is 15.3 Å². The maximum absolute atomic E-state index is 13.4. The van der Waals surface area contributed by atoms with Gasteiger partial charge in [-0.25, -0.2) is 4.98 Å². The number of pyridine rings is 2. The Morgan fingerprint density at radius 2 is 1.74 bits per heavy atom. The molecule has 162 valence electrons. The molecule has 0 radical (unpaired) electrons. The van der Waals surface area contributed by atoms with E-state index in [-0.39, 0.29) is 18.0 Å². The van der Waals surface area contributed by atoms with E-state index in [1.807, 2.05) is 11.9 Å². The molecule has 1 aliphatic rings. The Kier molecular flexibility index (Phi) is 5.80. The molecular formula is C23H23F3N4O. The third kappa shape index (κ3) is 4.62. The summed E-state index contributed by atoms with van der Waals surface area (Å²) in [6.07, 6.45) is 1.73. The molecule has 5 nitrogen and oxygen atoms in total. The lowest BCUT2D eigenvalue weighted by Crippen LogP contribution is -2.43. The minimum atomic E-state index is -4.51. The van der Waals surface area contributed by atoms with Crippen LogP contribution in [0, 0.1) is 0 Å². The minimum Gasteiger partial charge on any atom is -0.371 e. The van der Waals surface area contributed by atoms with Crippen molar-refractivity contribution < 1.29 is 18.0 Å². The largest absolute Gasteiger partial charge is 0.433 e. The number of fused-ring (bicyclic) bond motifs is 1. The summed E-state index contributed by atoms with van der Waals surface area (Å²) in [4.78, 5) is 22.0. The Bertz CT molecular complexity index is 1060. The van der Waals surface area contributed by atoms with E-state index in [1.54, 1.807) is 48.8 Å². The summed E-state index contributed by atoms with van der Waals surface area (Å²) < 4.78 is 40.2. The van der Waals surface area contributed by atoms with Crippen LogP contribution in [0.3, 0.4) is 0 Å². The highest BCUT2D eigenvalue weighted by Crippen LogP contribution is 2.36. The van der Waals surface area contributed by atoms with Gasteiger partial charge in [-0.2, -0.15) is 13.2 Å². The third-order valence-electron chi connectivity index (χ3n) is 5.89. The predicted molar refractivity (Wildman–Crippen MR) is 113 cm³/mol. The number of hydrogen-bond acceptors (Lipinski definition) is 4. The van der Waals surface area contributed by atoms with Gasteiger partial charge in [0.1, 0.15) is 5.69 Å². The molecule has 2 aromatic heterocycles. The molecule has 31 heavy (non-hydrogen) atoms. The van der Waals surface area contributed by atoms with Crippen LogP contribution in [0.4, 0.5) is 18.9 Å². The molecule has 1 saturated carbocycles. The Hall–Kier alpha value is -3.16. The maximum Gasteiger partial charge on any atom is 0.433 e. The van der Waals surface area contributed by atoms with Gasteiger partial charge in [0.15, 0.2) is 0 Å². The fraction of sp³-hybridized carbons (Fsp3) is 0.348. The highest BCUT2D eigenvalue weighted by atomic mass is 19.4. The molecule has 0 aliphatic heterocycles. The van der Waals surface area contributed by atoms with E-state index in [0.29, 0.717) is 22.2 Å². The minimum absolute atomic E-state index is 0.0465. The lowest BCUT2D eigenvalue weighted by Gasteiger charge is -2.37. The molecule has 1 aliphatic carbocycles. The van der Waals surface area contributed by atoms with Gasteiger partial charge in [-0.15, -0.1) is 0 Å². The number of nitrogens with one attached hydrogen (secondary N) is 1. The highest BCUT2D eigenvalue weighted by molar-refractivity contribution is 5.94. The molecule has 3 aromatic rings. The van der Waals surface area contributed by atoms with Crippen molar-refractivity contribution in [3.05, 3.63) is 66.1 Å². The zero-order valence-electron chi connectivity index (χ0n) is 17.1. The van der Waals surface area contributed by atoms with Gasteiger partial charge >= 0.3 is 6.18 Å². The van der Waals surface area contributed by atoms with Crippen LogP contribution in [-0.2, 0) is 6.18 Å². The molecule has 2 heterocycles. The molecule has 1 fully saturated rings. The van der Waals surface area contributed by atoms with Crippen LogP contribution in [0.1, 0.15) is 41.7 Å². The number of nitrogens with zero attached hydrogens (tertiary/aromatic N) is 3. The van der Waals surface area contributed by atoms with Gasteiger partial charge < -0.3 is 10.2 Å². The smallest absolute Gasteiger partial charge is 0.371 e. The number of aromatic nitrogens is 2. The van der Waals surface area contributed by atoms with Crippen molar-refractivity contribution in [2.75, 3.05) is 11.9 Å². The molecule has 0 unspecified atom stereocenters. The first-order valence-corrected chi connectivity index (χ1v) is 10.2. The second-order valence-corrected chi connectivity index (χ2v) is 7.87. The molecule has 1 N–H and O–H groups in total. The lowest BCUT2D eigenvalue weighted by atomic mass is 9.89. The molecule has 0 spiro atoms. The van der Waals surface area contributed by atoms with Crippen molar-refractivity contribution in [2.24, 2.45) is 0 Å². The standard InChI is InChI=1S/C23H23F3N4O/c1-30(20-14-21(23(24,25)26)29-19-5-3-2-4-18(19)20)17-8-6-16(7-9-17)28-22(31)15-10-12-27-13-11-15/h2-5,10-14,16-17H,6-9H2,1H3,(H,28,31)/t16-,17+. The number of carbonyl (C=O) groups is 1. The number of halogens is 3. The van der Waals surface area contributed by atoms with Gasteiger partial charge in [0, 0.05) is 48.2 Å². The first-order chi connectivity index (χ1) is 14.8. The Morgan fingerprint density at radius 1 is 1.06 bits per heavy atom. The Balaban J connectivity index is 1.48. The summed E-state index contributed by atoms with van der Waals surface area (Å²) in [5.74, 6) is -0.130. The van der Waals surface area contributed by atoms with Gasteiger partial charge in [-0.1, -0.05) is 18.2 Å². The topological polar surface area (TPSA) is 58.1 Å². The number of hydrogen-bond donors (Lipinski definition) is 1. The van der Waals surface area contributed by atoms with E-state index in [9.17, 15) is 18.0 Å². The number of rotatable bonds is 4. The van der Waals surface area contributed by atoms with Gasteiger partial charge in [-0.05, 0) is 49.9 Å². The van der Waals surface area contributed by atoms with E-state index in [4.69, 9.17) is 0 Å². The maximum atomic E-state index is 13.4. The summed E-state index contributed by atoms with van der Waals surface area (Å²) >= 11 is 0. The quantitative estimate of drug-likeness (QED) is 0.647. The fourth-order valence-corrected chi connectivity index (χ4v) is 4.17. The van der Waals surface area contributed by atoms with Crippen LogP contribution in [0.15, 0.2) is 54.9 Å². The highest BCUT2D eigenvalue weighted by Gasteiger charge is 2.34. The molecular weight excluding hydrogens is 405 g/mol. The van der Waals surface area contributed by atoms with Crippen molar-refractivity contribution in [1.82, 2.24) is 15.3 Å². The zero-order valence-corrected chi connectivity index (χ0v) is 17.1. The number of para-hydroxylation sites is 1. The average Bonchev–Trinajstić information content (AvgIpc) is 2.78. The summed E-state index contributed by atoms with van der Waals surface area (Å²) in [5.41, 5.74) is 0.545. The molecule has 1 aromatic carbocycles. The van der Waals surface area contributed by atoms with Crippen molar-refractivity contribution in [3.63, 3.8) is 0 Å². The predicted octanol–water partition coefficient (Wildman–Crippen LogP) is 4.83. The van der Waals surface area contributed by atoms with E-state index >= 15 is 0 Å². The monoisotopic (exact) mass is 428 g/mol. The van der Waals surface area contributed by atoms with Crippen LogP contribution >= 0.6 is 0 Å². The van der Waals surface area contributed by atoms with Crippen molar-refractivity contribution in [3.8, 4) is 0 Å². The molecule has 0 bridgehead atoms. The molecule has 0 atom stereocenters. The van der Waals surface area contributed by atoms with E-state index < -0.39 is 11.9 Å². The Morgan fingerprint density at radius 3 is 2.42 bits per heavy atom. The zero-order chi connectivity index (χ0) is 22.0. The van der Waals surface area contributed by atoms with Gasteiger partial charge in [0.25, 0.3) is 5.91 Å².